The van der Waals surface area contributed by atoms with Gasteiger partial charge in [0.1, 0.15) is 12.3 Å². The summed E-state index contributed by atoms with van der Waals surface area (Å²) < 4.78 is 2.26. The molecule has 1 aliphatic heterocycles. The molecule has 3 heteroatoms. The number of rotatable bonds is 9. The Labute approximate surface area is 204 Å². The van der Waals surface area contributed by atoms with Gasteiger partial charge in [-0.25, -0.2) is 4.58 Å². The number of phenols is 1. The fourth-order valence-corrected chi connectivity index (χ4v) is 3.60. The zero-order valence-electron chi connectivity index (χ0n) is 22.5. The maximum atomic E-state index is 10.2. The van der Waals surface area contributed by atoms with Crippen LogP contribution in [0, 0.1) is 5.92 Å². The third kappa shape index (κ3) is 13.1. The highest BCUT2D eigenvalue weighted by molar-refractivity contribution is 6.10. The van der Waals surface area contributed by atoms with E-state index >= 15 is 0 Å². The summed E-state index contributed by atoms with van der Waals surface area (Å²) in [7, 11) is 0. The van der Waals surface area contributed by atoms with Crippen molar-refractivity contribution in [3.63, 3.8) is 0 Å². The molecular formula is C30H51N2O+. The summed E-state index contributed by atoms with van der Waals surface area (Å²) in [5, 5.41) is 10.2. The van der Waals surface area contributed by atoms with Crippen molar-refractivity contribution in [3.05, 3.63) is 65.4 Å². The molecule has 0 aliphatic carbocycles. The maximum absolute atomic E-state index is 10.2. The molecule has 0 aromatic heterocycles. The van der Waals surface area contributed by atoms with Gasteiger partial charge in [-0.05, 0) is 38.0 Å². The molecule has 2 rings (SSSR count). The fourth-order valence-electron chi connectivity index (χ4n) is 3.60. The molecule has 3 N–H and O–H groups in total. The SMILES string of the molecule is C/C(N)=C\C[N+]1=C(c2ccccc2O)/C(C)=C/C=C\CC1.CC.CCCCCCC(C)CC. The summed E-state index contributed by atoms with van der Waals surface area (Å²) in [6, 6.07) is 7.48. The number of nitrogens with two attached hydrogens (primary N) is 1. The molecule has 0 amide bonds. The van der Waals surface area contributed by atoms with E-state index in [1.807, 2.05) is 45.0 Å². The summed E-state index contributed by atoms with van der Waals surface area (Å²) in [6.45, 7) is 16.5. The Hall–Kier alpha value is -2.29. The van der Waals surface area contributed by atoms with Gasteiger partial charge >= 0.3 is 0 Å². The largest absolute Gasteiger partial charge is 0.507 e. The second-order valence-corrected chi connectivity index (χ2v) is 8.69. The molecule has 1 aromatic rings. The number of phenolic OH excluding ortho intramolecular Hbond substituents is 1. The van der Waals surface area contributed by atoms with Gasteiger partial charge in [0, 0.05) is 17.7 Å². The molecule has 1 aromatic carbocycles. The molecule has 0 saturated heterocycles. The van der Waals surface area contributed by atoms with E-state index in [1.165, 1.54) is 38.5 Å². The predicted octanol–water partition coefficient (Wildman–Crippen LogP) is 7.99. The van der Waals surface area contributed by atoms with Crippen LogP contribution in [0.2, 0.25) is 0 Å². The van der Waals surface area contributed by atoms with Crippen LogP contribution in [0.3, 0.4) is 0 Å². The van der Waals surface area contributed by atoms with Gasteiger partial charge in [-0.15, -0.1) is 0 Å². The first kappa shape index (κ1) is 30.7. The number of unbranched alkanes of at least 4 members (excludes halogenated alkanes) is 3. The van der Waals surface area contributed by atoms with Crippen LogP contribution in [0.4, 0.5) is 0 Å². The van der Waals surface area contributed by atoms with Gasteiger partial charge in [0.15, 0.2) is 6.54 Å². The first-order valence-corrected chi connectivity index (χ1v) is 13.1. The lowest BCUT2D eigenvalue weighted by atomic mass is 10.00. The van der Waals surface area contributed by atoms with E-state index < -0.39 is 0 Å². The lowest BCUT2D eigenvalue weighted by molar-refractivity contribution is -0.516. The number of para-hydroxylation sites is 1. The molecular weight excluding hydrogens is 404 g/mol. The van der Waals surface area contributed by atoms with E-state index in [4.69, 9.17) is 5.73 Å². The van der Waals surface area contributed by atoms with E-state index in [1.54, 1.807) is 6.07 Å². The van der Waals surface area contributed by atoms with Crippen LogP contribution in [0.5, 0.6) is 5.75 Å². The minimum absolute atomic E-state index is 0.309. The molecule has 0 saturated carbocycles. The Morgan fingerprint density at radius 3 is 2.45 bits per heavy atom. The second-order valence-electron chi connectivity index (χ2n) is 8.69. The number of nitrogens with zero attached hydrogens (tertiary/aromatic N) is 1. The van der Waals surface area contributed by atoms with Crippen molar-refractivity contribution < 1.29 is 9.68 Å². The maximum Gasteiger partial charge on any atom is 0.214 e. The zero-order chi connectivity index (χ0) is 25.1. The second kappa shape index (κ2) is 19.2. The van der Waals surface area contributed by atoms with Crippen molar-refractivity contribution in [2.75, 3.05) is 13.1 Å². The molecule has 0 bridgehead atoms. The van der Waals surface area contributed by atoms with Crippen LogP contribution in [0.25, 0.3) is 0 Å². The molecule has 1 heterocycles. The third-order valence-corrected chi connectivity index (χ3v) is 5.78. The summed E-state index contributed by atoms with van der Waals surface area (Å²) in [6.07, 6.45) is 17.8. The minimum Gasteiger partial charge on any atom is -0.507 e. The van der Waals surface area contributed by atoms with Crippen molar-refractivity contribution in [2.45, 2.75) is 93.4 Å². The standard InChI is InChI=1S/C18H22N2O.C10H22.C2H6/c1-14-8-4-3-7-12-20(13-11-15(2)19)18(14)16-9-5-6-10-17(16)21;1-4-6-7-8-9-10(3)5-2;1-2/h3-6,8-11H,7,12-13,19H2,1-2H3;10H,4-9H2,1-3H3;1-2H3/p+1/b4-3-,14-8+,15-11+;;. The zero-order valence-corrected chi connectivity index (χ0v) is 22.5. The van der Waals surface area contributed by atoms with Gasteiger partial charge < -0.3 is 10.8 Å². The Kier molecular flexibility index (Phi) is 17.9. The third-order valence-electron chi connectivity index (χ3n) is 5.78. The Morgan fingerprint density at radius 2 is 1.85 bits per heavy atom. The Morgan fingerprint density at radius 1 is 1.15 bits per heavy atom. The van der Waals surface area contributed by atoms with Crippen molar-refractivity contribution >= 4 is 5.71 Å². The molecule has 1 aliphatic rings. The van der Waals surface area contributed by atoms with Gasteiger partial charge in [0.25, 0.3) is 0 Å². The van der Waals surface area contributed by atoms with Gasteiger partial charge in [-0.1, -0.05) is 104 Å². The van der Waals surface area contributed by atoms with E-state index in [2.05, 4.69) is 50.5 Å². The fraction of sp³-hybridized carbons (Fsp3) is 0.567. The van der Waals surface area contributed by atoms with E-state index in [-0.39, 0.29) is 0 Å². The van der Waals surface area contributed by atoms with Gasteiger partial charge in [-0.3, -0.25) is 0 Å². The van der Waals surface area contributed by atoms with E-state index in [9.17, 15) is 5.11 Å². The van der Waals surface area contributed by atoms with Crippen LogP contribution in [-0.4, -0.2) is 28.5 Å². The Balaban J connectivity index is 0.000000722. The minimum atomic E-state index is 0.309. The van der Waals surface area contributed by atoms with Gasteiger partial charge in [-0.2, -0.15) is 0 Å². The highest BCUT2D eigenvalue weighted by Gasteiger charge is 2.21. The van der Waals surface area contributed by atoms with Gasteiger partial charge in [0.2, 0.25) is 5.71 Å². The molecule has 3 nitrogen and oxygen atoms in total. The van der Waals surface area contributed by atoms with Crippen LogP contribution < -0.4 is 5.73 Å². The normalized spacial score (nSPS) is 17.3. The molecule has 0 spiro atoms. The molecule has 1 unspecified atom stereocenters. The number of aromatic hydroxyl groups is 1. The lowest BCUT2D eigenvalue weighted by Gasteiger charge is -2.12. The van der Waals surface area contributed by atoms with Crippen molar-refractivity contribution in [1.29, 1.82) is 0 Å². The summed E-state index contributed by atoms with van der Waals surface area (Å²) in [5.74, 6) is 1.26. The Bertz CT molecular complexity index is 767. The molecule has 1 atom stereocenters. The highest BCUT2D eigenvalue weighted by atomic mass is 16.3. The number of allylic oxidation sites excluding steroid dienone is 4. The van der Waals surface area contributed by atoms with Crippen molar-refractivity contribution in [2.24, 2.45) is 11.7 Å². The number of benzene rings is 1. The van der Waals surface area contributed by atoms with Gasteiger partial charge in [0.05, 0.1) is 5.56 Å². The van der Waals surface area contributed by atoms with Crippen LogP contribution >= 0.6 is 0 Å². The average molecular weight is 456 g/mol. The van der Waals surface area contributed by atoms with E-state index in [0.29, 0.717) is 5.75 Å². The lowest BCUT2D eigenvalue weighted by Crippen LogP contribution is -2.26. The van der Waals surface area contributed by atoms with Crippen molar-refractivity contribution in [3.8, 4) is 5.75 Å². The molecule has 186 valence electrons. The number of hydrogen-bond donors (Lipinski definition) is 2. The van der Waals surface area contributed by atoms with Crippen molar-refractivity contribution in [1.82, 2.24) is 0 Å². The monoisotopic (exact) mass is 455 g/mol. The molecule has 0 fully saturated rings. The topological polar surface area (TPSA) is 49.3 Å². The van der Waals surface area contributed by atoms with Crippen LogP contribution in [0.1, 0.15) is 99.0 Å². The molecule has 0 radical (unpaired) electrons. The quantitative estimate of drug-likeness (QED) is 0.293. The smallest absolute Gasteiger partial charge is 0.214 e. The average Bonchev–Trinajstić information content (AvgIpc) is 2.81. The predicted molar refractivity (Wildman–Crippen MR) is 147 cm³/mol. The molecule has 33 heavy (non-hydrogen) atoms. The summed E-state index contributed by atoms with van der Waals surface area (Å²) in [4.78, 5) is 0. The first-order valence-electron chi connectivity index (χ1n) is 13.1. The van der Waals surface area contributed by atoms with E-state index in [0.717, 1.165) is 48.0 Å². The first-order chi connectivity index (χ1) is 15.9. The van der Waals surface area contributed by atoms with Crippen LogP contribution in [-0.2, 0) is 0 Å². The van der Waals surface area contributed by atoms with Crippen LogP contribution in [0.15, 0.2) is 59.8 Å². The number of hydrogen-bond acceptors (Lipinski definition) is 2. The summed E-state index contributed by atoms with van der Waals surface area (Å²) in [5.41, 5.74) is 9.65. The highest BCUT2D eigenvalue weighted by Crippen LogP contribution is 2.21. The summed E-state index contributed by atoms with van der Waals surface area (Å²) >= 11 is 0.